The third-order valence-electron chi connectivity index (χ3n) is 2.63. The van der Waals surface area contributed by atoms with Crippen LogP contribution in [0.1, 0.15) is 19.3 Å². The summed E-state index contributed by atoms with van der Waals surface area (Å²) >= 11 is 0. The molecule has 4 nitrogen and oxygen atoms in total. The van der Waals surface area contributed by atoms with Crippen LogP contribution in [-0.4, -0.2) is 18.0 Å². The van der Waals surface area contributed by atoms with Crippen LogP contribution in [0.3, 0.4) is 0 Å². The fourth-order valence-corrected chi connectivity index (χ4v) is 1.72. The van der Waals surface area contributed by atoms with Crippen LogP contribution in [0.5, 0.6) is 0 Å². The predicted octanol–water partition coefficient (Wildman–Crippen LogP) is -0.571. The minimum absolute atomic E-state index is 0.0304. The second-order valence-electron chi connectivity index (χ2n) is 3.52. The number of hydrazine groups is 1. The zero-order chi connectivity index (χ0) is 8.60. The van der Waals surface area contributed by atoms with Gasteiger partial charge in [0.2, 0.25) is 5.91 Å². The number of rotatable bonds is 1. The van der Waals surface area contributed by atoms with E-state index in [-0.39, 0.29) is 11.4 Å². The monoisotopic (exact) mass is 167 g/mol. The number of carbonyl (C=O) groups is 1. The lowest BCUT2D eigenvalue weighted by Gasteiger charge is -2.43. The van der Waals surface area contributed by atoms with Crippen molar-refractivity contribution in [3.63, 3.8) is 0 Å². The number of nitrogens with two attached hydrogens (primary N) is 1. The lowest BCUT2D eigenvalue weighted by atomic mass is 9.75. The van der Waals surface area contributed by atoms with E-state index in [0.717, 1.165) is 12.8 Å². The molecule has 2 aliphatic rings. The van der Waals surface area contributed by atoms with Crippen LogP contribution in [0, 0.1) is 0 Å². The summed E-state index contributed by atoms with van der Waals surface area (Å²) in [6, 6.07) is 0. The van der Waals surface area contributed by atoms with E-state index in [0.29, 0.717) is 12.1 Å². The van der Waals surface area contributed by atoms with E-state index in [1.54, 1.807) is 0 Å². The highest BCUT2D eigenvalue weighted by atomic mass is 16.1. The number of amides is 1. The highest BCUT2D eigenvalue weighted by Gasteiger charge is 2.37. The van der Waals surface area contributed by atoms with Crippen LogP contribution in [0.4, 0.5) is 0 Å². The van der Waals surface area contributed by atoms with Gasteiger partial charge in [-0.15, -0.1) is 0 Å². The predicted molar refractivity (Wildman–Crippen MR) is 45.0 cm³/mol. The van der Waals surface area contributed by atoms with Crippen LogP contribution >= 0.6 is 0 Å². The molecule has 4 heteroatoms. The number of hydrogen-bond donors (Lipinski definition) is 3. The molecule has 0 aromatic heterocycles. The average molecular weight is 167 g/mol. The van der Waals surface area contributed by atoms with Crippen molar-refractivity contribution in [3.05, 3.63) is 11.6 Å². The smallest absolute Gasteiger partial charge is 0.245 e. The Hall–Kier alpha value is -0.870. The van der Waals surface area contributed by atoms with Gasteiger partial charge in [0, 0.05) is 12.1 Å². The lowest BCUT2D eigenvalue weighted by molar-refractivity contribution is -0.114. The summed E-state index contributed by atoms with van der Waals surface area (Å²) in [5, 5.41) is 0. The van der Waals surface area contributed by atoms with E-state index < -0.39 is 0 Å². The third-order valence-corrected chi connectivity index (χ3v) is 2.63. The molecule has 1 fully saturated rings. The Bertz CT molecular complexity index is 243. The van der Waals surface area contributed by atoms with Gasteiger partial charge in [0.1, 0.15) is 0 Å². The Morgan fingerprint density at radius 3 is 2.83 bits per heavy atom. The van der Waals surface area contributed by atoms with Gasteiger partial charge in [0.25, 0.3) is 0 Å². The first kappa shape index (κ1) is 7.76. The molecule has 0 saturated heterocycles. The molecular weight excluding hydrogens is 154 g/mol. The largest absolute Gasteiger partial charge is 0.366 e. The molecule has 1 saturated carbocycles. The number of primary amides is 1. The van der Waals surface area contributed by atoms with Gasteiger partial charge in [0.05, 0.1) is 5.54 Å². The van der Waals surface area contributed by atoms with Crippen molar-refractivity contribution >= 4 is 5.91 Å². The van der Waals surface area contributed by atoms with Crippen molar-refractivity contribution in [1.82, 2.24) is 10.9 Å². The second kappa shape index (κ2) is 2.57. The van der Waals surface area contributed by atoms with Crippen LogP contribution in [0.2, 0.25) is 0 Å². The van der Waals surface area contributed by atoms with Crippen molar-refractivity contribution in [1.29, 1.82) is 0 Å². The highest BCUT2D eigenvalue weighted by molar-refractivity contribution is 5.92. The van der Waals surface area contributed by atoms with Gasteiger partial charge in [-0.25, -0.2) is 5.43 Å². The molecule has 0 aromatic rings. The minimum atomic E-state index is -0.310. The summed E-state index contributed by atoms with van der Waals surface area (Å²) in [6.07, 6.45) is 5.39. The average Bonchev–Trinajstić information content (AvgIpc) is 2.02. The van der Waals surface area contributed by atoms with Gasteiger partial charge < -0.3 is 5.73 Å². The van der Waals surface area contributed by atoms with Crippen LogP contribution < -0.4 is 16.6 Å². The first-order valence-electron chi connectivity index (χ1n) is 4.23. The summed E-state index contributed by atoms with van der Waals surface area (Å²) in [6.45, 7) is 0.539. The van der Waals surface area contributed by atoms with Crippen LogP contribution in [-0.2, 0) is 4.79 Å². The first-order chi connectivity index (χ1) is 5.72. The minimum Gasteiger partial charge on any atom is -0.366 e. The quantitative estimate of drug-likeness (QED) is 0.490. The van der Waals surface area contributed by atoms with E-state index in [1.807, 2.05) is 6.08 Å². The fourth-order valence-electron chi connectivity index (χ4n) is 1.72. The second-order valence-corrected chi connectivity index (χ2v) is 3.52. The van der Waals surface area contributed by atoms with E-state index in [1.165, 1.54) is 6.42 Å². The molecular formula is C8H13N3O. The molecule has 1 aliphatic heterocycles. The molecule has 66 valence electrons. The Morgan fingerprint density at radius 1 is 1.58 bits per heavy atom. The maximum Gasteiger partial charge on any atom is 0.245 e. The van der Waals surface area contributed by atoms with Crippen molar-refractivity contribution in [3.8, 4) is 0 Å². The van der Waals surface area contributed by atoms with Crippen molar-refractivity contribution < 1.29 is 4.79 Å². The van der Waals surface area contributed by atoms with Gasteiger partial charge in [-0.3, -0.25) is 10.2 Å². The highest BCUT2D eigenvalue weighted by Crippen LogP contribution is 2.34. The molecule has 1 spiro atoms. The number of nitrogens with one attached hydrogen (secondary N) is 2. The number of carbonyl (C=O) groups excluding carboxylic acids is 1. The molecule has 0 unspecified atom stereocenters. The molecule has 12 heavy (non-hydrogen) atoms. The summed E-state index contributed by atoms with van der Waals surface area (Å²) in [4.78, 5) is 10.9. The van der Waals surface area contributed by atoms with Crippen LogP contribution in [0.25, 0.3) is 0 Å². The van der Waals surface area contributed by atoms with Gasteiger partial charge in [-0.2, -0.15) is 0 Å². The molecule has 0 bridgehead atoms. The maximum atomic E-state index is 10.9. The van der Waals surface area contributed by atoms with Crippen molar-refractivity contribution in [2.24, 2.45) is 5.73 Å². The van der Waals surface area contributed by atoms with Crippen molar-refractivity contribution in [2.45, 2.75) is 24.8 Å². The molecule has 1 heterocycles. The standard InChI is InChI=1S/C8H13N3O/c9-7(12)6-4-8(2-1-3-8)11-10-5-6/h4,10-11H,1-3,5H2,(H2,9,12). The van der Waals surface area contributed by atoms with Gasteiger partial charge in [-0.1, -0.05) is 6.08 Å². The van der Waals surface area contributed by atoms with Crippen LogP contribution in [0.15, 0.2) is 11.6 Å². The molecule has 1 amide bonds. The normalized spacial score (nSPS) is 26.2. The topological polar surface area (TPSA) is 67.2 Å². The Kier molecular flexibility index (Phi) is 1.66. The first-order valence-corrected chi connectivity index (χ1v) is 4.23. The molecule has 0 radical (unpaired) electrons. The lowest BCUT2D eigenvalue weighted by Crippen LogP contribution is -2.59. The van der Waals surface area contributed by atoms with Gasteiger partial charge >= 0.3 is 0 Å². The van der Waals surface area contributed by atoms with E-state index in [2.05, 4.69) is 10.9 Å². The Labute approximate surface area is 71.2 Å². The Morgan fingerprint density at radius 2 is 2.33 bits per heavy atom. The maximum absolute atomic E-state index is 10.9. The van der Waals surface area contributed by atoms with E-state index in [4.69, 9.17) is 5.73 Å². The van der Waals surface area contributed by atoms with Crippen molar-refractivity contribution in [2.75, 3.05) is 6.54 Å². The molecule has 2 rings (SSSR count). The SMILES string of the molecule is NC(=O)C1=CC2(CCC2)NNC1. The molecule has 4 N–H and O–H groups in total. The number of hydrogen-bond acceptors (Lipinski definition) is 3. The van der Waals surface area contributed by atoms with Gasteiger partial charge in [0.15, 0.2) is 0 Å². The summed E-state index contributed by atoms with van der Waals surface area (Å²) in [7, 11) is 0. The zero-order valence-electron chi connectivity index (χ0n) is 6.89. The van der Waals surface area contributed by atoms with E-state index >= 15 is 0 Å². The summed E-state index contributed by atoms with van der Waals surface area (Å²) in [5.74, 6) is -0.310. The molecule has 1 aliphatic carbocycles. The Balaban J connectivity index is 2.18. The van der Waals surface area contributed by atoms with Gasteiger partial charge in [-0.05, 0) is 19.3 Å². The molecule has 0 atom stereocenters. The third kappa shape index (κ3) is 1.13. The van der Waals surface area contributed by atoms with E-state index in [9.17, 15) is 4.79 Å². The summed E-state index contributed by atoms with van der Waals surface area (Å²) < 4.78 is 0. The molecule has 0 aromatic carbocycles. The fraction of sp³-hybridized carbons (Fsp3) is 0.625. The summed E-state index contributed by atoms with van der Waals surface area (Å²) in [5.41, 5.74) is 12.1. The zero-order valence-corrected chi connectivity index (χ0v) is 6.89.